The Morgan fingerprint density at radius 3 is 2.70 bits per heavy atom. The molecule has 0 bridgehead atoms. The van der Waals surface area contributed by atoms with E-state index in [0.717, 1.165) is 11.1 Å². The maximum atomic E-state index is 12.6. The number of benzene rings is 2. The summed E-state index contributed by atoms with van der Waals surface area (Å²) in [5.74, 6) is -0.948. The Morgan fingerprint density at radius 1 is 1.20 bits per heavy atom. The minimum absolute atomic E-state index is 0.0197. The summed E-state index contributed by atoms with van der Waals surface area (Å²) in [5, 5.41) is 14.1. The van der Waals surface area contributed by atoms with Gasteiger partial charge in [-0.3, -0.25) is 14.4 Å². The molecule has 1 aliphatic heterocycles. The summed E-state index contributed by atoms with van der Waals surface area (Å²) in [6, 6.07) is 18.6. The lowest BCUT2D eigenvalue weighted by Crippen LogP contribution is -2.33. The minimum Gasteiger partial charge on any atom is -0.352 e. The standard InChI is InChI=1S/C23H24N4O3/c1-16(18-7-3-2-4-8-18)27-15-19(13-22(27)29)23(30)25-14-17-6-5-9-20(12-17)26-21(28)10-11-24/h2-9,12,16,19H,10,13-15H2,1H3,(H,25,30)(H,26,28). The number of anilines is 1. The fraction of sp³-hybridized carbons (Fsp3) is 0.304. The van der Waals surface area contributed by atoms with Gasteiger partial charge in [0.2, 0.25) is 17.7 Å². The fourth-order valence-corrected chi connectivity index (χ4v) is 3.56. The third-order valence-corrected chi connectivity index (χ3v) is 5.20. The summed E-state index contributed by atoms with van der Waals surface area (Å²) in [6.07, 6.45) is -0.0121. The van der Waals surface area contributed by atoms with E-state index in [1.54, 1.807) is 29.2 Å². The molecule has 154 valence electrons. The monoisotopic (exact) mass is 404 g/mol. The van der Waals surface area contributed by atoms with Crippen LogP contribution in [0.5, 0.6) is 0 Å². The van der Waals surface area contributed by atoms with Crippen molar-refractivity contribution in [3.63, 3.8) is 0 Å². The van der Waals surface area contributed by atoms with Crippen molar-refractivity contribution in [3.05, 3.63) is 65.7 Å². The highest BCUT2D eigenvalue weighted by Gasteiger charge is 2.36. The van der Waals surface area contributed by atoms with Crippen molar-refractivity contribution >= 4 is 23.4 Å². The zero-order valence-corrected chi connectivity index (χ0v) is 16.8. The lowest BCUT2D eigenvalue weighted by atomic mass is 10.1. The number of hydrogen-bond donors (Lipinski definition) is 2. The van der Waals surface area contributed by atoms with Crippen LogP contribution in [0.2, 0.25) is 0 Å². The normalized spacial score (nSPS) is 16.6. The van der Waals surface area contributed by atoms with E-state index in [9.17, 15) is 14.4 Å². The predicted molar refractivity (Wildman–Crippen MR) is 112 cm³/mol. The second-order valence-corrected chi connectivity index (χ2v) is 7.34. The van der Waals surface area contributed by atoms with Crippen LogP contribution in [0.25, 0.3) is 0 Å². The van der Waals surface area contributed by atoms with Crippen LogP contribution in [-0.2, 0) is 20.9 Å². The molecule has 1 heterocycles. The fourth-order valence-electron chi connectivity index (χ4n) is 3.56. The maximum absolute atomic E-state index is 12.6. The van der Waals surface area contributed by atoms with E-state index in [1.165, 1.54) is 0 Å². The van der Waals surface area contributed by atoms with Crippen LogP contribution >= 0.6 is 0 Å². The van der Waals surface area contributed by atoms with Gasteiger partial charge in [0.1, 0.15) is 6.42 Å². The lowest BCUT2D eigenvalue weighted by Gasteiger charge is -2.25. The highest BCUT2D eigenvalue weighted by Crippen LogP contribution is 2.28. The predicted octanol–water partition coefficient (Wildman–Crippen LogP) is 2.76. The number of likely N-dealkylation sites (tertiary alicyclic amines) is 1. The third kappa shape index (κ3) is 5.23. The number of hydrogen-bond acceptors (Lipinski definition) is 4. The molecule has 2 N–H and O–H groups in total. The van der Waals surface area contributed by atoms with Gasteiger partial charge in [0.05, 0.1) is 18.0 Å². The highest BCUT2D eigenvalue weighted by atomic mass is 16.2. The van der Waals surface area contributed by atoms with Crippen LogP contribution in [0.1, 0.15) is 36.9 Å². The van der Waals surface area contributed by atoms with Gasteiger partial charge < -0.3 is 15.5 Å². The molecule has 0 saturated carbocycles. The SMILES string of the molecule is CC(c1ccccc1)N1CC(C(=O)NCc2cccc(NC(=O)CC#N)c2)CC1=O. The molecule has 3 amide bonds. The van der Waals surface area contributed by atoms with Gasteiger partial charge in [-0.15, -0.1) is 0 Å². The molecule has 2 aromatic rings. The summed E-state index contributed by atoms with van der Waals surface area (Å²) >= 11 is 0. The maximum Gasteiger partial charge on any atom is 0.238 e. The van der Waals surface area contributed by atoms with E-state index in [1.807, 2.05) is 43.3 Å². The Balaban J connectivity index is 1.55. The quantitative estimate of drug-likeness (QED) is 0.741. The molecule has 0 radical (unpaired) electrons. The van der Waals surface area contributed by atoms with E-state index in [2.05, 4.69) is 10.6 Å². The number of nitrogens with one attached hydrogen (secondary N) is 2. The molecule has 30 heavy (non-hydrogen) atoms. The summed E-state index contributed by atoms with van der Waals surface area (Å²) in [7, 11) is 0. The molecule has 1 aliphatic rings. The van der Waals surface area contributed by atoms with Crippen LogP contribution in [0.4, 0.5) is 5.69 Å². The van der Waals surface area contributed by atoms with Gasteiger partial charge in [0.25, 0.3) is 0 Å². The van der Waals surface area contributed by atoms with Crippen LogP contribution in [-0.4, -0.2) is 29.2 Å². The van der Waals surface area contributed by atoms with Gasteiger partial charge in [-0.05, 0) is 30.2 Å². The first-order chi connectivity index (χ1) is 14.5. The smallest absolute Gasteiger partial charge is 0.238 e. The first-order valence-electron chi connectivity index (χ1n) is 9.86. The van der Waals surface area contributed by atoms with Crippen LogP contribution < -0.4 is 10.6 Å². The third-order valence-electron chi connectivity index (χ3n) is 5.20. The van der Waals surface area contributed by atoms with Crippen molar-refractivity contribution in [2.75, 3.05) is 11.9 Å². The number of nitrogens with zero attached hydrogens (tertiary/aromatic N) is 2. The number of nitriles is 1. The molecule has 1 fully saturated rings. The van der Waals surface area contributed by atoms with Crippen LogP contribution in [0.3, 0.4) is 0 Å². The van der Waals surface area contributed by atoms with Crippen LogP contribution in [0, 0.1) is 17.2 Å². The average Bonchev–Trinajstić information content (AvgIpc) is 3.14. The topological polar surface area (TPSA) is 102 Å². The first kappa shape index (κ1) is 21.1. The van der Waals surface area contributed by atoms with Crippen molar-refractivity contribution in [1.29, 1.82) is 5.26 Å². The molecule has 0 aliphatic carbocycles. The zero-order chi connectivity index (χ0) is 21.5. The van der Waals surface area contributed by atoms with E-state index in [4.69, 9.17) is 5.26 Å². The van der Waals surface area contributed by atoms with Gasteiger partial charge in [0.15, 0.2) is 0 Å². The van der Waals surface area contributed by atoms with Gasteiger partial charge in [0, 0.05) is 25.2 Å². The van der Waals surface area contributed by atoms with E-state index < -0.39 is 0 Å². The number of carbonyl (C=O) groups is 3. The molecule has 7 heteroatoms. The van der Waals surface area contributed by atoms with Gasteiger partial charge >= 0.3 is 0 Å². The van der Waals surface area contributed by atoms with Gasteiger partial charge in [-0.1, -0.05) is 42.5 Å². The minimum atomic E-state index is -0.387. The molecular weight excluding hydrogens is 380 g/mol. The Labute approximate surface area is 175 Å². The van der Waals surface area contributed by atoms with Crippen molar-refractivity contribution < 1.29 is 14.4 Å². The molecule has 0 aromatic heterocycles. The lowest BCUT2D eigenvalue weighted by molar-refractivity contribution is -0.130. The molecular formula is C23H24N4O3. The summed E-state index contributed by atoms with van der Waals surface area (Å²) < 4.78 is 0. The van der Waals surface area contributed by atoms with Crippen molar-refractivity contribution in [2.24, 2.45) is 5.92 Å². The van der Waals surface area contributed by atoms with Crippen molar-refractivity contribution in [3.8, 4) is 6.07 Å². The van der Waals surface area contributed by atoms with E-state index >= 15 is 0 Å². The molecule has 2 atom stereocenters. The molecule has 2 unspecified atom stereocenters. The Hall–Kier alpha value is -3.66. The Bertz CT molecular complexity index is 968. The van der Waals surface area contributed by atoms with E-state index in [-0.39, 0.29) is 42.5 Å². The van der Waals surface area contributed by atoms with Crippen molar-refractivity contribution in [1.82, 2.24) is 10.2 Å². The zero-order valence-electron chi connectivity index (χ0n) is 16.8. The summed E-state index contributed by atoms with van der Waals surface area (Å²) in [5.41, 5.74) is 2.43. The van der Waals surface area contributed by atoms with Gasteiger partial charge in [-0.2, -0.15) is 5.26 Å². The summed E-state index contributed by atoms with van der Waals surface area (Å²) in [6.45, 7) is 2.66. The summed E-state index contributed by atoms with van der Waals surface area (Å²) in [4.78, 5) is 38.4. The largest absolute Gasteiger partial charge is 0.352 e. The molecule has 3 rings (SSSR count). The molecule has 2 aromatic carbocycles. The number of amides is 3. The average molecular weight is 404 g/mol. The second kappa shape index (κ2) is 9.70. The van der Waals surface area contributed by atoms with E-state index in [0.29, 0.717) is 18.8 Å². The van der Waals surface area contributed by atoms with Crippen molar-refractivity contribution in [2.45, 2.75) is 32.4 Å². The number of carbonyl (C=O) groups excluding carboxylic acids is 3. The highest BCUT2D eigenvalue weighted by molar-refractivity contribution is 5.92. The molecule has 1 saturated heterocycles. The Morgan fingerprint density at radius 2 is 1.97 bits per heavy atom. The number of rotatable bonds is 7. The second-order valence-electron chi connectivity index (χ2n) is 7.34. The van der Waals surface area contributed by atoms with Crippen LogP contribution in [0.15, 0.2) is 54.6 Å². The van der Waals surface area contributed by atoms with Gasteiger partial charge in [-0.25, -0.2) is 0 Å². The first-order valence-corrected chi connectivity index (χ1v) is 9.86. The molecule has 7 nitrogen and oxygen atoms in total. The Kier molecular flexibility index (Phi) is 6.81. The molecule has 0 spiro atoms.